The SMILES string of the molecule is Cc1ccc(CC(O)c2cccc3ccccc23)cc1C. The number of aryl methyl sites for hydroxylation is 2. The van der Waals surface area contributed by atoms with Gasteiger partial charge in [-0.25, -0.2) is 0 Å². The van der Waals surface area contributed by atoms with Gasteiger partial charge in [-0.15, -0.1) is 0 Å². The summed E-state index contributed by atoms with van der Waals surface area (Å²) in [6, 6.07) is 20.7. The van der Waals surface area contributed by atoms with Crippen molar-refractivity contribution in [2.75, 3.05) is 0 Å². The van der Waals surface area contributed by atoms with E-state index in [1.807, 2.05) is 24.3 Å². The maximum atomic E-state index is 10.6. The van der Waals surface area contributed by atoms with Gasteiger partial charge in [-0.05, 0) is 46.9 Å². The van der Waals surface area contributed by atoms with E-state index >= 15 is 0 Å². The van der Waals surface area contributed by atoms with Crippen molar-refractivity contribution in [3.63, 3.8) is 0 Å². The molecule has 1 atom stereocenters. The molecule has 1 nitrogen and oxygen atoms in total. The molecular weight excluding hydrogens is 256 g/mol. The third-order valence-electron chi connectivity index (χ3n) is 4.18. The summed E-state index contributed by atoms with van der Waals surface area (Å²) in [6.45, 7) is 4.23. The fourth-order valence-electron chi connectivity index (χ4n) is 2.80. The Labute approximate surface area is 125 Å². The summed E-state index contributed by atoms with van der Waals surface area (Å²) in [4.78, 5) is 0. The number of hydrogen-bond acceptors (Lipinski definition) is 1. The van der Waals surface area contributed by atoms with Gasteiger partial charge in [0.2, 0.25) is 0 Å². The summed E-state index contributed by atoms with van der Waals surface area (Å²) in [6.07, 6.45) is 0.174. The van der Waals surface area contributed by atoms with Crippen molar-refractivity contribution < 1.29 is 5.11 Å². The molecule has 0 amide bonds. The Morgan fingerprint density at radius 1 is 0.857 bits per heavy atom. The normalized spacial score (nSPS) is 12.5. The molecule has 3 rings (SSSR count). The van der Waals surface area contributed by atoms with E-state index < -0.39 is 6.10 Å². The van der Waals surface area contributed by atoms with Crippen LogP contribution in [0.1, 0.15) is 28.4 Å². The summed E-state index contributed by atoms with van der Waals surface area (Å²) in [5, 5.41) is 12.9. The van der Waals surface area contributed by atoms with Crippen molar-refractivity contribution in [3.05, 3.63) is 82.9 Å². The van der Waals surface area contributed by atoms with Crippen LogP contribution in [0.3, 0.4) is 0 Å². The second-order valence-electron chi connectivity index (χ2n) is 5.71. The van der Waals surface area contributed by atoms with Gasteiger partial charge in [0, 0.05) is 6.42 Å². The molecule has 0 fully saturated rings. The van der Waals surface area contributed by atoms with Gasteiger partial charge in [-0.2, -0.15) is 0 Å². The monoisotopic (exact) mass is 276 g/mol. The van der Waals surface area contributed by atoms with Crippen molar-refractivity contribution in [2.45, 2.75) is 26.4 Å². The average Bonchev–Trinajstić information content (AvgIpc) is 2.50. The Morgan fingerprint density at radius 2 is 1.62 bits per heavy atom. The molecule has 0 saturated heterocycles. The van der Waals surface area contributed by atoms with Crippen LogP contribution in [0.5, 0.6) is 0 Å². The molecule has 3 aromatic rings. The van der Waals surface area contributed by atoms with Gasteiger partial charge in [0.1, 0.15) is 0 Å². The van der Waals surface area contributed by atoms with Crippen molar-refractivity contribution in [2.24, 2.45) is 0 Å². The molecule has 1 unspecified atom stereocenters. The Kier molecular flexibility index (Phi) is 3.76. The number of aliphatic hydroxyl groups is 1. The number of rotatable bonds is 3. The van der Waals surface area contributed by atoms with E-state index in [0.717, 1.165) is 10.9 Å². The highest BCUT2D eigenvalue weighted by molar-refractivity contribution is 5.86. The van der Waals surface area contributed by atoms with E-state index in [4.69, 9.17) is 0 Å². The highest BCUT2D eigenvalue weighted by Gasteiger charge is 2.12. The molecule has 0 saturated carbocycles. The van der Waals surface area contributed by atoms with Gasteiger partial charge < -0.3 is 5.11 Å². The second-order valence-corrected chi connectivity index (χ2v) is 5.71. The zero-order chi connectivity index (χ0) is 14.8. The fourth-order valence-corrected chi connectivity index (χ4v) is 2.80. The molecule has 0 spiro atoms. The zero-order valence-electron chi connectivity index (χ0n) is 12.5. The van der Waals surface area contributed by atoms with Crippen LogP contribution in [0.15, 0.2) is 60.7 Å². The van der Waals surface area contributed by atoms with Crippen LogP contribution in [-0.4, -0.2) is 5.11 Å². The first-order valence-corrected chi connectivity index (χ1v) is 7.37. The van der Waals surface area contributed by atoms with Crippen LogP contribution in [0, 0.1) is 13.8 Å². The zero-order valence-corrected chi connectivity index (χ0v) is 12.5. The van der Waals surface area contributed by atoms with Crippen molar-refractivity contribution in [3.8, 4) is 0 Å². The first-order chi connectivity index (χ1) is 10.1. The van der Waals surface area contributed by atoms with Crippen LogP contribution in [0.2, 0.25) is 0 Å². The fraction of sp³-hybridized carbons (Fsp3) is 0.200. The molecule has 0 heterocycles. The minimum atomic E-state index is -0.474. The number of hydrogen-bond donors (Lipinski definition) is 1. The third-order valence-corrected chi connectivity index (χ3v) is 4.18. The molecule has 0 aliphatic heterocycles. The van der Waals surface area contributed by atoms with Gasteiger partial charge >= 0.3 is 0 Å². The second kappa shape index (κ2) is 5.71. The standard InChI is InChI=1S/C20H20O/c1-14-10-11-16(12-15(14)2)13-20(21)19-9-5-7-17-6-3-4-8-18(17)19/h3-12,20-21H,13H2,1-2H3. The summed E-state index contributed by atoms with van der Waals surface area (Å²) >= 11 is 0. The Hall–Kier alpha value is -2.12. The number of benzene rings is 3. The molecule has 0 radical (unpaired) electrons. The van der Waals surface area contributed by atoms with Crippen molar-refractivity contribution >= 4 is 10.8 Å². The highest BCUT2D eigenvalue weighted by Crippen LogP contribution is 2.27. The van der Waals surface area contributed by atoms with E-state index in [1.54, 1.807) is 0 Å². The number of fused-ring (bicyclic) bond motifs is 1. The van der Waals surface area contributed by atoms with Gasteiger partial charge in [-0.1, -0.05) is 60.7 Å². The Bertz CT molecular complexity index is 768. The first kappa shape index (κ1) is 13.8. The molecule has 1 heteroatoms. The molecule has 1 N–H and O–H groups in total. The van der Waals surface area contributed by atoms with Crippen LogP contribution in [0.4, 0.5) is 0 Å². The molecule has 0 aliphatic rings. The molecule has 0 aromatic heterocycles. The Morgan fingerprint density at radius 3 is 2.43 bits per heavy atom. The van der Waals surface area contributed by atoms with E-state index in [-0.39, 0.29) is 0 Å². The van der Waals surface area contributed by atoms with Crippen molar-refractivity contribution in [1.82, 2.24) is 0 Å². The quantitative estimate of drug-likeness (QED) is 0.733. The van der Waals surface area contributed by atoms with Crippen molar-refractivity contribution in [1.29, 1.82) is 0 Å². The molecule has 21 heavy (non-hydrogen) atoms. The van der Waals surface area contributed by atoms with Gasteiger partial charge in [0.05, 0.1) is 6.10 Å². The summed E-state index contributed by atoms with van der Waals surface area (Å²) < 4.78 is 0. The lowest BCUT2D eigenvalue weighted by atomic mass is 9.95. The number of aliphatic hydroxyl groups excluding tert-OH is 1. The van der Waals surface area contributed by atoms with E-state index in [1.165, 1.54) is 22.1 Å². The topological polar surface area (TPSA) is 20.2 Å². The van der Waals surface area contributed by atoms with Gasteiger partial charge in [0.25, 0.3) is 0 Å². The van der Waals surface area contributed by atoms with Crippen LogP contribution < -0.4 is 0 Å². The summed E-state index contributed by atoms with van der Waals surface area (Å²) in [5.74, 6) is 0. The van der Waals surface area contributed by atoms with Gasteiger partial charge in [-0.3, -0.25) is 0 Å². The van der Waals surface area contributed by atoms with E-state index in [2.05, 4.69) is 50.2 Å². The van der Waals surface area contributed by atoms with Crippen LogP contribution in [0.25, 0.3) is 10.8 Å². The lowest BCUT2D eigenvalue weighted by Crippen LogP contribution is -2.03. The maximum absolute atomic E-state index is 10.6. The van der Waals surface area contributed by atoms with Crippen LogP contribution >= 0.6 is 0 Å². The molecule has 3 aromatic carbocycles. The summed E-state index contributed by atoms with van der Waals surface area (Å²) in [5.41, 5.74) is 4.75. The largest absolute Gasteiger partial charge is 0.388 e. The third kappa shape index (κ3) is 2.84. The maximum Gasteiger partial charge on any atom is 0.0836 e. The predicted molar refractivity (Wildman–Crippen MR) is 88.5 cm³/mol. The first-order valence-electron chi connectivity index (χ1n) is 7.37. The predicted octanol–water partition coefficient (Wildman–Crippen LogP) is 4.73. The minimum Gasteiger partial charge on any atom is -0.388 e. The molecule has 0 bridgehead atoms. The molecule has 0 aliphatic carbocycles. The Balaban J connectivity index is 1.93. The molecule has 106 valence electrons. The highest BCUT2D eigenvalue weighted by atomic mass is 16.3. The molecular formula is C20H20O. The van der Waals surface area contributed by atoms with Crippen LogP contribution in [-0.2, 0) is 6.42 Å². The lowest BCUT2D eigenvalue weighted by Gasteiger charge is -2.15. The minimum absolute atomic E-state index is 0.474. The van der Waals surface area contributed by atoms with E-state index in [9.17, 15) is 5.11 Å². The summed E-state index contributed by atoms with van der Waals surface area (Å²) in [7, 11) is 0. The van der Waals surface area contributed by atoms with Gasteiger partial charge in [0.15, 0.2) is 0 Å². The van der Waals surface area contributed by atoms with E-state index in [0.29, 0.717) is 6.42 Å². The smallest absolute Gasteiger partial charge is 0.0836 e. The lowest BCUT2D eigenvalue weighted by molar-refractivity contribution is 0.180. The average molecular weight is 276 g/mol.